The van der Waals surface area contributed by atoms with Crippen LogP contribution in [0.25, 0.3) is 5.57 Å². The van der Waals surface area contributed by atoms with Crippen molar-refractivity contribution in [2.45, 2.75) is 25.6 Å². The number of hydrogen-bond donors (Lipinski definition) is 0. The largest absolute Gasteiger partial charge is 0.497 e. The quantitative estimate of drug-likeness (QED) is 0.554. The lowest BCUT2D eigenvalue weighted by Gasteiger charge is -2.46. The van der Waals surface area contributed by atoms with Crippen LogP contribution < -0.4 is 4.74 Å². The van der Waals surface area contributed by atoms with E-state index < -0.39 is 0 Å². The molecule has 3 aromatic rings. The number of hydrogen-bond acceptors (Lipinski definition) is 5. The van der Waals surface area contributed by atoms with Crippen molar-refractivity contribution in [3.8, 4) is 11.8 Å². The number of carbonyl (C=O) groups excluding carboxylic acids is 1. The maximum Gasteiger partial charge on any atom is 0.246 e. The number of ether oxygens (including phenoxy) is 1. The fourth-order valence-electron chi connectivity index (χ4n) is 5.26. The van der Waals surface area contributed by atoms with Crippen molar-refractivity contribution in [1.29, 1.82) is 5.26 Å². The van der Waals surface area contributed by atoms with Crippen molar-refractivity contribution in [2.24, 2.45) is 5.92 Å². The Morgan fingerprint density at radius 2 is 2.00 bits per heavy atom. The van der Waals surface area contributed by atoms with Gasteiger partial charge >= 0.3 is 0 Å². The molecule has 1 amide bonds. The maximum absolute atomic E-state index is 12.8. The standard InChI is InChI=1S/C28H29N5O2/c1-31-27-10-11-32(17-23-15-30-19-33(23)16-21-8-6-20(14-29)7-9-21)18-26(27)25(13-28(31)34)22-4-3-5-24(12-22)35-2/h3-9,12-13,15,19,26-27H,10-11,16-18H2,1-2H3. The molecule has 0 aliphatic carbocycles. The topological polar surface area (TPSA) is 74.4 Å². The van der Waals surface area contributed by atoms with Crippen molar-refractivity contribution in [3.63, 3.8) is 0 Å². The lowest BCUT2D eigenvalue weighted by Crippen LogP contribution is -2.53. The Balaban J connectivity index is 1.35. The van der Waals surface area contributed by atoms with Gasteiger partial charge in [0.25, 0.3) is 0 Å². The molecule has 0 radical (unpaired) electrons. The number of rotatable bonds is 6. The second-order valence-electron chi connectivity index (χ2n) is 9.30. The summed E-state index contributed by atoms with van der Waals surface area (Å²) in [6.45, 7) is 3.30. The zero-order chi connectivity index (χ0) is 24.4. The molecule has 2 atom stereocenters. The van der Waals surface area contributed by atoms with E-state index in [4.69, 9.17) is 10.00 Å². The van der Waals surface area contributed by atoms with E-state index in [-0.39, 0.29) is 17.9 Å². The summed E-state index contributed by atoms with van der Waals surface area (Å²) in [6, 6.07) is 18.0. The molecule has 178 valence electrons. The van der Waals surface area contributed by atoms with Crippen molar-refractivity contribution in [1.82, 2.24) is 19.4 Å². The fraction of sp³-hybridized carbons (Fsp3) is 0.321. The molecule has 1 saturated heterocycles. The van der Waals surface area contributed by atoms with Crippen LogP contribution in [0.5, 0.6) is 5.75 Å². The van der Waals surface area contributed by atoms with Gasteiger partial charge in [-0.05, 0) is 47.4 Å². The number of likely N-dealkylation sites (tertiary alicyclic amines) is 1. The minimum absolute atomic E-state index is 0.0676. The summed E-state index contributed by atoms with van der Waals surface area (Å²) in [4.78, 5) is 21.5. The van der Waals surface area contributed by atoms with Crippen LogP contribution in [0, 0.1) is 17.2 Å². The number of likely N-dealkylation sites (N-methyl/N-ethyl adjacent to an activating group) is 1. The Morgan fingerprint density at radius 3 is 2.77 bits per heavy atom. The molecule has 35 heavy (non-hydrogen) atoms. The number of imidazole rings is 1. The van der Waals surface area contributed by atoms with E-state index in [2.05, 4.69) is 26.6 Å². The van der Waals surface area contributed by atoms with Gasteiger partial charge in [-0.3, -0.25) is 9.69 Å². The zero-order valence-electron chi connectivity index (χ0n) is 20.1. The van der Waals surface area contributed by atoms with E-state index in [9.17, 15) is 4.79 Å². The zero-order valence-corrected chi connectivity index (χ0v) is 20.1. The van der Waals surface area contributed by atoms with Gasteiger partial charge in [-0.1, -0.05) is 24.3 Å². The minimum Gasteiger partial charge on any atom is -0.497 e. The summed E-state index contributed by atoms with van der Waals surface area (Å²) in [5, 5.41) is 9.04. The van der Waals surface area contributed by atoms with Crippen LogP contribution in [-0.2, 0) is 17.9 Å². The van der Waals surface area contributed by atoms with E-state index in [1.165, 1.54) is 0 Å². The highest BCUT2D eigenvalue weighted by Gasteiger charge is 2.39. The van der Waals surface area contributed by atoms with E-state index >= 15 is 0 Å². The molecule has 0 N–H and O–H groups in total. The molecule has 2 aromatic carbocycles. The first-order chi connectivity index (χ1) is 17.1. The van der Waals surface area contributed by atoms with Gasteiger partial charge in [0.1, 0.15) is 5.75 Å². The highest BCUT2D eigenvalue weighted by atomic mass is 16.5. The van der Waals surface area contributed by atoms with Gasteiger partial charge < -0.3 is 14.2 Å². The van der Waals surface area contributed by atoms with Crippen LogP contribution in [0.4, 0.5) is 0 Å². The summed E-state index contributed by atoms with van der Waals surface area (Å²) >= 11 is 0. The molecule has 7 nitrogen and oxygen atoms in total. The number of aromatic nitrogens is 2. The SMILES string of the molecule is COc1cccc(C2=CC(=O)N(C)C3CCN(Cc4cncn4Cc4ccc(C#N)cc4)CC23)c1. The highest BCUT2D eigenvalue weighted by molar-refractivity contribution is 5.98. The van der Waals surface area contributed by atoms with E-state index in [0.717, 1.165) is 54.2 Å². The Kier molecular flexibility index (Phi) is 6.39. The first-order valence-corrected chi connectivity index (χ1v) is 11.9. The van der Waals surface area contributed by atoms with Crippen molar-refractivity contribution >= 4 is 11.5 Å². The second kappa shape index (κ2) is 9.77. The van der Waals surface area contributed by atoms with Gasteiger partial charge in [-0.2, -0.15) is 5.26 Å². The third kappa shape index (κ3) is 4.71. The summed E-state index contributed by atoms with van der Waals surface area (Å²) in [5.74, 6) is 1.09. The van der Waals surface area contributed by atoms with Gasteiger partial charge in [0, 0.05) is 57.5 Å². The molecule has 2 aliphatic heterocycles. The first-order valence-electron chi connectivity index (χ1n) is 11.9. The number of benzene rings is 2. The molecular formula is C28H29N5O2. The van der Waals surface area contributed by atoms with Crippen LogP contribution in [0.2, 0.25) is 0 Å². The molecule has 5 rings (SSSR count). The van der Waals surface area contributed by atoms with Crippen LogP contribution in [-0.4, -0.2) is 58.5 Å². The van der Waals surface area contributed by atoms with Crippen LogP contribution in [0.15, 0.2) is 67.1 Å². The summed E-state index contributed by atoms with van der Waals surface area (Å²) in [7, 11) is 3.58. The predicted octanol–water partition coefficient (Wildman–Crippen LogP) is 3.56. The molecule has 7 heteroatoms. The Hall–Kier alpha value is -3.89. The van der Waals surface area contributed by atoms with Crippen molar-refractivity contribution < 1.29 is 9.53 Å². The molecule has 2 aliphatic rings. The highest BCUT2D eigenvalue weighted by Crippen LogP contribution is 2.38. The van der Waals surface area contributed by atoms with Crippen LogP contribution >= 0.6 is 0 Å². The maximum atomic E-state index is 12.8. The number of carbonyl (C=O) groups is 1. The molecule has 3 heterocycles. The number of fused-ring (bicyclic) bond motifs is 1. The molecule has 1 fully saturated rings. The lowest BCUT2D eigenvalue weighted by atomic mass is 9.79. The number of amides is 1. The fourth-order valence-corrected chi connectivity index (χ4v) is 5.26. The average Bonchev–Trinajstić information content (AvgIpc) is 3.32. The molecule has 1 aromatic heterocycles. The third-order valence-corrected chi connectivity index (χ3v) is 7.21. The Labute approximate surface area is 205 Å². The number of piperidine rings is 1. The monoisotopic (exact) mass is 467 g/mol. The lowest BCUT2D eigenvalue weighted by molar-refractivity contribution is -0.129. The first kappa shape index (κ1) is 22.9. The van der Waals surface area contributed by atoms with Gasteiger partial charge in [-0.15, -0.1) is 0 Å². The van der Waals surface area contributed by atoms with E-state index in [1.54, 1.807) is 13.2 Å². The van der Waals surface area contributed by atoms with E-state index in [0.29, 0.717) is 12.1 Å². The van der Waals surface area contributed by atoms with Gasteiger partial charge in [0.05, 0.1) is 30.8 Å². The third-order valence-electron chi connectivity index (χ3n) is 7.21. The predicted molar refractivity (Wildman–Crippen MR) is 133 cm³/mol. The second-order valence-corrected chi connectivity index (χ2v) is 9.30. The normalized spacial score (nSPS) is 20.2. The van der Waals surface area contributed by atoms with Crippen LogP contribution in [0.3, 0.4) is 0 Å². The molecule has 0 bridgehead atoms. The molecule has 0 saturated carbocycles. The van der Waals surface area contributed by atoms with Gasteiger partial charge in [0.15, 0.2) is 0 Å². The summed E-state index contributed by atoms with van der Waals surface area (Å²) in [6.07, 6.45) is 6.53. The van der Waals surface area contributed by atoms with Crippen molar-refractivity contribution in [2.75, 3.05) is 27.2 Å². The molecular weight excluding hydrogens is 438 g/mol. The Bertz CT molecular complexity index is 1290. The van der Waals surface area contributed by atoms with E-state index in [1.807, 2.05) is 66.9 Å². The number of nitriles is 1. The number of methoxy groups -OCH3 is 1. The molecule has 0 spiro atoms. The van der Waals surface area contributed by atoms with Gasteiger partial charge in [-0.25, -0.2) is 4.98 Å². The summed E-state index contributed by atoms with van der Waals surface area (Å²) < 4.78 is 7.61. The number of nitrogens with zero attached hydrogens (tertiary/aromatic N) is 5. The molecule has 2 unspecified atom stereocenters. The summed E-state index contributed by atoms with van der Waals surface area (Å²) in [5.41, 5.74) is 5.09. The van der Waals surface area contributed by atoms with Crippen LogP contribution in [0.1, 0.15) is 28.8 Å². The smallest absolute Gasteiger partial charge is 0.246 e. The average molecular weight is 468 g/mol. The Morgan fingerprint density at radius 1 is 1.17 bits per heavy atom. The van der Waals surface area contributed by atoms with Crippen molar-refractivity contribution in [3.05, 3.63) is 89.5 Å². The minimum atomic E-state index is 0.0676. The van der Waals surface area contributed by atoms with Gasteiger partial charge in [0.2, 0.25) is 5.91 Å².